The number of hydrogen-bond acceptors (Lipinski definition) is 7. The number of amides is 1. The fourth-order valence-electron chi connectivity index (χ4n) is 6.06. The molecule has 1 saturated heterocycles. The number of rotatable bonds is 7. The summed E-state index contributed by atoms with van der Waals surface area (Å²) in [5, 5.41) is 14.1. The van der Waals surface area contributed by atoms with Crippen LogP contribution < -0.4 is 14.8 Å². The summed E-state index contributed by atoms with van der Waals surface area (Å²) < 4.78 is 10.6. The number of hydrogen-bond donors (Lipinski definition) is 2. The van der Waals surface area contributed by atoms with Gasteiger partial charge in [-0.1, -0.05) is 70.4 Å². The van der Waals surface area contributed by atoms with Crippen molar-refractivity contribution in [3.05, 3.63) is 42.0 Å². The van der Waals surface area contributed by atoms with E-state index in [0.29, 0.717) is 11.7 Å². The second-order valence-corrected chi connectivity index (χ2v) is 11.1. The van der Waals surface area contributed by atoms with Crippen LogP contribution in [0.2, 0.25) is 0 Å². The number of benzene rings is 1. The number of nitrogens with one attached hydrogen (secondary N) is 1. The summed E-state index contributed by atoms with van der Waals surface area (Å²) in [5.74, 6) is -0.888. The monoisotopic (exact) mass is 510 g/mol. The average Bonchev–Trinajstić information content (AvgIpc) is 3.24. The number of aliphatic carboxylic acids is 1. The van der Waals surface area contributed by atoms with Gasteiger partial charge in [0.05, 0.1) is 26.3 Å². The smallest absolute Gasteiger partial charge is 0.326 e. The third-order valence-corrected chi connectivity index (χ3v) is 7.66. The second kappa shape index (κ2) is 10.9. The molecule has 1 aliphatic carbocycles. The summed E-state index contributed by atoms with van der Waals surface area (Å²) in [4.78, 5) is 37.4. The first-order valence-corrected chi connectivity index (χ1v) is 13.0. The van der Waals surface area contributed by atoms with Crippen LogP contribution in [0.25, 0.3) is 0 Å². The number of methoxy groups -OCH3 is 2. The Balaban J connectivity index is 1.87. The van der Waals surface area contributed by atoms with Gasteiger partial charge >= 0.3 is 12.0 Å². The van der Waals surface area contributed by atoms with Crippen molar-refractivity contribution in [1.29, 1.82) is 0 Å². The Morgan fingerprint density at radius 3 is 2.27 bits per heavy atom. The van der Waals surface area contributed by atoms with Crippen LogP contribution >= 0.6 is 0 Å². The van der Waals surface area contributed by atoms with Crippen molar-refractivity contribution in [2.24, 2.45) is 17.3 Å². The number of carbonyl (C=O) groups excluding carboxylic acids is 1. The molecule has 0 radical (unpaired) electrons. The molecule has 1 amide bonds. The van der Waals surface area contributed by atoms with E-state index in [0.717, 1.165) is 37.7 Å². The molecule has 1 saturated carbocycles. The number of ether oxygens (including phenoxy) is 2. The molecule has 200 valence electrons. The van der Waals surface area contributed by atoms with Gasteiger partial charge in [-0.3, -0.25) is 4.79 Å². The normalized spacial score (nSPS) is 24.5. The Kier molecular flexibility index (Phi) is 7.90. The van der Waals surface area contributed by atoms with Gasteiger partial charge in [-0.2, -0.15) is 9.97 Å². The van der Waals surface area contributed by atoms with E-state index >= 15 is 0 Å². The Labute approximate surface area is 218 Å². The zero-order chi connectivity index (χ0) is 26.7. The molecule has 4 rings (SSSR count). The summed E-state index contributed by atoms with van der Waals surface area (Å²) in [5.41, 5.74) is 0.437. The highest BCUT2D eigenvalue weighted by Gasteiger charge is 2.58. The molecule has 2 aliphatic rings. The first-order chi connectivity index (χ1) is 17.7. The van der Waals surface area contributed by atoms with Gasteiger partial charge in [0.2, 0.25) is 11.8 Å². The Morgan fingerprint density at radius 1 is 1.03 bits per heavy atom. The van der Waals surface area contributed by atoms with Crippen molar-refractivity contribution < 1.29 is 24.2 Å². The largest absolute Gasteiger partial charge is 0.481 e. The van der Waals surface area contributed by atoms with Crippen molar-refractivity contribution in [2.75, 3.05) is 19.5 Å². The lowest BCUT2D eigenvalue weighted by Crippen LogP contribution is -2.49. The average molecular weight is 511 g/mol. The van der Waals surface area contributed by atoms with Gasteiger partial charge < -0.3 is 24.8 Å². The van der Waals surface area contributed by atoms with E-state index in [1.54, 1.807) is 11.0 Å². The Morgan fingerprint density at radius 2 is 1.70 bits per heavy atom. The van der Waals surface area contributed by atoms with E-state index < -0.39 is 35.4 Å². The van der Waals surface area contributed by atoms with Crippen LogP contribution in [0, 0.1) is 17.3 Å². The molecule has 0 bridgehead atoms. The highest BCUT2D eigenvalue weighted by Crippen LogP contribution is 2.50. The van der Waals surface area contributed by atoms with Gasteiger partial charge in [0.15, 0.2) is 0 Å². The van der Waals surface area contributed by atoms with Crippen LogP contribution in [0.1, 0.15) is 64.5 Å². The number of carboxylic acids is 1. The van der Waals surface area contributed by atoms with Crippen LogP contribution in [-0.4, -0.2) is 58.2 Å². The van der Waals surface area contributed by atoms with Crippen molar-refractivity contribution in [2.45, 2.75) is 71.0 Å². The number of anilines is 1. The quantitative estimate of drug-likeness (QED) is 0.558. The minimum Gasteiger partial charge on any atom is -0.481 e. The molecule has 2 aromatic rings. The maximum Gasteiger partial charge on any atom is 0.326 e. The molecule has 2 N–H and O–H groups in total. The van der Waals surface area contributed by atoms with Crippen molar-refractivity contribution in [3.8, 4) is 11.9 Å². The van der Waals surface area contributed by atoms with Crippen molar-refractivity contribution >= 4 is 17.7 Å². The molecule has 4 atom stereocenters. The van der Waals surface area contributed by atoms with Crippen LogP contribution in [0.5, 0.6) is 11.9 Å². The molecular weight excluding hydrogens is 472 g/mol. The third-order valence-electron chi connectivity index (χ3n) is 7.66. The SMILES string of the molecule is COc1cc(N[C@H]2[C@H](C(C)(C)C)[C@@H](C(=O)O)N(C(=O)C3CCCCC3)[C@H]2c2ccccc2)nc(OC)n1. The van der Waals surface area contributed by atoms with Gasteiger partial charge in [0.1, 0.15) is 11.9 Å². The first kappa shape index (κ1) is 26.7. The number of aromatic nitrogens is 2. The van der Waals surface area contributed by atoms with Gasteiger partial charge in [0, 0.05) is 17.9 Å². The zero-order valence-corrected chi connectivity index (χ0v) is 22.3. The molecule has 37 heavy (non-hydrogen) atoms. The first-order valence-electron chi connectivity index (χ1n) is 13.0. The lowest BCUT2D eigenvalue weighted by molar-refractivity contribution is -0.154. The second-order valence-electron chi connectivity index (χ2n) is 11.1. The number of carboxylic acid groups (broad SMARTS) is 1. The molecule has 0 spiro atoms. The van der Waals surface area contributed by atoms with E-state index in [1.165, 1.54) is 14.2 Å². The highest BCUT2D eigenvalue weighted by molar-refractivity contribution is 5.87. The maximum atomic E-state index is 14.1. The Bertz CT molecular complexity index is 1080. The van der Waals surface area contributed by atoms with E-state index in [9.17, 15) is 14.7 Å². The van der Waals surface area contributed by atoms with Gasteiger partial charge in [-0.15, -0.1) is 0 Å². The molecule has 1 aromatic heterocycles. The number of likely N-dealkylation sites (tertiary alicyclic amines) is 1. The summed E-state index contributed by atoms with van der Waals surface area (Å²) in [6, 6.07) is 9.54. The van der Waals surface area contributed by atoms with Crippen molar-refractivity contribution in [3.63, 3.8) is 0 Å². The standard InChI is InChI=1S/C28H38N4O5/c1-28(2,3)21-22(29-19-16-20(36-4)31-27(30-19)37-5)23(17-12-8-6-9-13-17)32(24(21)26(34)35)25(33)18-14-10-7-11-15-18/h6,8-9,12-13,16,18,21-24H,7,10-11,14-15H2,1-5H3,(H,34,35)(H,29,30,31)/t21-,22-,23-,24-/m0/s1. The predicted molar refractivity (Wildman–Crippen MR) is 140 cm³/mol. The van der Waals surface area contributed by atoms with E-state index in [1.807, 2.05) is 51.1 Å². The third kappa shape index (κ3) is 5.50. The lowest BCUT2D eigenvalue weighted by atomic mass is 9.72. The fraction of sp³-hybridized carbons (Fsp3) is 0.571. The molecule has 9 nitrogen and oxygen atoms in total. The van der Waals surface area contributed by atoms with E-state index in [-0.39, 0.29) is 17.8 Å². The number of nitrogens with zero attached hydrogens (tertiary/aromatic N) is 3. The maximum absolute atomic E-state index is 14.1. The molecule has 2 fully saturated rings. The van der Waals surface area contributed by atoms with Gasteiger partial charge in [0.25, 0.3) is 0 Å². The van der Waals surface area contributed by atoms with E-state index in [2.05, 4.69) is 15.3 Å². The minimum atomic E-state index is -0.997. The molecule has 1 aromatic carbocycles. The van der Waals surface area contributed by atoms with Crippen LogP contribution in [0.15, 0.2) is 36.4 Å². The topological polar surface area (TPSA) is 114 Å². The van der Waals surface area contributed by atoms with Crippen LogP contribution in [-0.2, 0) is 9.59 Å². The van der Waals surface area contributed by atoms with Gasteiger partial charge in [-0.25, -0.2) is 4.79 Å². The molecule has 1 aliphatic heterocycles. The fourth-order valence-corrected chi connectivity index (χ4v) is 6.06. The molecule has 0 unspecified atom stereocenters. The summed E-state index contributed by atoms with van der Waals surface area (Å²) >= 11 is 0. The highest BCUT2D eigenvalue weighted by atomic mass is 16.5. The minimum absolute atomic E-state index is 0.0719. The van der Waals surface area contributed by atoms with Crippen LogP contribution in [0.3, 0.4) is 0 Å². The summed E-state index contributed by atoms with van der Waals surface area (Å²) in [6.45, 7) is 6.08. The lowest BCUT2D eigenvalue weighted by Gasteiger charge is -2.36. The summed E-state index contributed by atoms with van der Waals surface area (Å²) in [7, 11) is 2.99. The van der Waals surface area contributed by atoms with Crippen LogP contribution in [0.4, 0.5) is 5.82 Å². The molecular formula is C28H38N4O5. The number of carbonyl (C=O) groups is 2. The summed E-state index contributed by atoms with van der Waals surface area (Å²) in [6.07, 6.45) is 4.68. The van der Waals surface area contributed by atoms with Gasteiger partial charge in [-0.05, 0) is 23.8 Å². The zero-order valence-electron chi connectivity index (χ0n) is 22.3. The predicted octanol–water partition coefficient (Wildman–Crippen LogP) is 4.55. The van der Waals surface area contributed by atoms with Crippen molar-refractivity contribution in [1.82, 2.24) is 14.9 Å². The molecule has 2 heterocycles. The molecule has 9 heteroatoms. The Hall–Kier alpha value is -3.36. The van der Waals surface area contributed by atoms with E-state index in [4.69, 9.17) is 9.47 Å².